The molecule has 4 rings (SSSR count). The molecule has 2 heterocycles. The monoisotopic (exact) mass is 344 g/mol. The minimum absolute atomic E-state index is 0.0496. The number of ketones is 1. The van der Waals surface area contributed by atoms with E-state index < -0.39 is 0 Å². The highest BCUT2D eigenvalue weighted by Crippen LogP contribution is 2.26. The molecule has 0 N–H and O–H groups in total. The van der Waals surface area contributed by atoms with Crippen molar-refractivity contribution >= 4 is 39.4 Å². The molecule has 2 aromatic carbocycles. The number of rotatable bonds is 4. The molecule has 4 heteroatoms. The Bertz CT molecular complexity index is 1090. The number of thioether (sulfide) groups is 1. The first kappa shape index (κ1) is 15.8. The van der Waals surface area contributed by atoms with E-state index in [2.05, 4.69) is 16.9 Å². The Morgan fingerprint density at radius 1 is 0.920 bits per heavy atom. The van der Waals surface area contributed by atoms with E-state index in [0.717, 1.165) is 32.5 Å². The van der Waals surface area contributed by atoms with Crippen molar-refractivity contribution in [3.63, 3.8) is 0 Å². The molecule has 25 heavy (non-hydrogen) atoms. The van der Waals surface area contributed by atoms with E-state index in [1.165, 1.54) is 0 Å². The van der Waals surface area contributed by atoms with Crippen molar-refractivity contribution in [1.29, 1.82) is 0 Å². The molecule has 0 amide bonds. The van der Waals surface area contributed by atoms with Crippen molar-refractivity contribution in [3.8, 4) is 0 Å². The van der Waals surface area contributed by atoms with Crippen LogP contribution in [-0.2, 0) is 0 Å². The summed E-state index contributed by atoms with van der Waals surface area (Å²) in [6.45, 7) is 2.08. The summed E-state index contributed by atoms with van der Waals surface area (Å²) in [7, 11) is 0. The normalized spacial score (nSPS) is 11.1. The van der Waals surface area contributed by atoms with E-state index >= 15 is 0 Å². The third-order valence-corrected chi connectivity index (χ3v) is 5.05. The van der Waals surface area contributed by atoms with Crippen LogP contribution < -0.4 is 0 Å². The Balaban J connectivity index is 1.87. The lowest BCUT2D eigenvalue weighted by Gasteiger charge is -2.08. The fourth-order valence-corrected chi connectivity index (χ4v) is 3.73. The van der Waals surface area contributed by atoms with Gasteiger partial charge in [-0.15, -0.1) is 11.8 Å². The van der Waals surface area contributed by atoms with Crippen LogP contribution in [0, 0.1) is 0 Å². The summed E-state index contributed by atoms with van der Waals surface area (Å²) >= 11 is 1.67. The maximum absolute atomic E-state index is 13.0. The van der Waals surface area contributed by atoms with Crippen molar-refractivity contribution in [2.24, 2.45) is 0 Å². The molecule has 0 fully saturated rings. The molecule has 0 bridgehead atoms. The van der Waals surface area contributed by atoms with Crippen molar-refractivity contribution in [2.75, 3.05) is 5.75 Å². The Morgan fingerprint density at radius 3 is 2.52 bits per heavy atom. The molecule has 0 aliphatic heterocycles. The van der Waals surface area contributed by atoms with Crippen molar-refractivity contribution in [1.82, 2.24) is 9.97 Å². The van der Waals surface area contributed by atoms with Crippen LogP contribution in [0.5, 0.6) is 0 Å². The van der Waals surface area contributed by atoms with Gasteiger partial charge in [-0.05, 0) is 30.0 Å². The van der Waals surface area contributed by atoms with Crippen LogP contribution in [0.1, 0.15) is 23.0 Å². The van der Waals surface area contributed by atoms with Gasteiger partial charge in [0.2, 0.25) is 5.78 Å². The Labute approximate surface area is 150 Å². The van der Waals surface area contributed by atoms with E-state index in [-0.39, 0.29) is 5.78 Å². The summed E-state index contributed by atoms with van der Waals surface area (Å²) in [6.07, 6.45) is 1.76. The number of benzene rings is 2. The van der Waals surface area contributed by atoms with Gasteiger partial charge in [-0.25, -0.2) is 4.98 Å². The fourth-order valence-electron chi connectivity index (χ4n) is 2.92. The number of nitrogens with zero attached hydrogens (tertiary/aromatic N) is 2. The zero-order valence-corrected chi connectivity index (χ0v) is 14.6. The van der Waals surface area contributed by atoms with Crippen molar-refractivity contribution < 1.29 is 4.79 Å². The second kappa shape index (κ2) is 6.65. The quantitative estimate of drug-likeness (QED) is 0.292. The molecule has 122 valence electrons. The summed E-state index contributed by atoms with van der Waals surface area (Å²) in [5.74, 6) is 0.871. The van der Waals surface area contributed by atoms with Gasteiger partial charge < -0.3 is 0 Å². The van der Waals surface area contributed by atoms with Gasteiger partial charge in [-0.3, -0.25) is 9.78 Å². The van der Waals surface area contributed by atoms with Crippen LogP contribution in [0.4, 0.5) is 0 Å². The van der Waals surface area contributed by atoms with E-state index in [4.69, 9.17) is 0 Å². The zero-order valence-electron chi connectivity index (χ0n) is 13.8. The Morgan fingerprint density at radius 2 is 1.68 bits per heavy atom. The molecular formula is C21H16N2OS. The minimum atomic E-state index is -0.0496. The number of carbonyl (C=O) groups excluding carboxylic acids is 1. The van der Waals surface area contributed by atoms with Crippen LogP contribution in [0.2, 0.25) is 0 Å². The first-order valence-electron chi connectivity index (χ1n) is 8.19. The Hall–Kier alpha value is -2.72. The average molecular weight is 344 g/mol. The standard InChI is InChI=1S/C21H16N2OS/c1-2-25-18-8-4-3-7-16(18)21(24)17-12-11-15-10-9-14-6-5-13-22-19(14)20(15)23-17/h3-13H,2H2,1H3. The van der Waals surface area contributed by atoms with Crippen LogP contribution in [0.15, 0.2) is 71.8 Å². The lowest BCUT2D eigenvalue weighted by atomic mass is 10.1. The van der Waals surface area contributed by atoms with Crippen LogP contribution in [0.3, 0.4) is 0 Å². The van der Waals surface area contributed by atoms with Gasteiger partial charge in [0.05, 0.1) is 11.0 Å². The van der Waals surface area contributed by atoms with Crippen molar-refractivity contribution in [3.05, 3.63) is 78.1 Å². The summed E-state index contributed by atoms with van der Waals surface area (Å²) in [4.78, 5) is 23.1. The smallest absolute Gasteiger partial charge is 0.212 e. The predicted molar refractivity (Wildman–Crippen MR) is 103 cm³/mol. The third-order valence-electron chi connectivity index (χ3n) is 4.10. The number of pyridine rings is 2. The molecule has 0 aliphatic rings. The summed E-state index contributed by atoms with van der Waals surface area (Å²) in [5.41, 5.74) is 2.75. The maximum atomic E-state index is 13.0. The highest BCUT2D eigenvalue weighted by molar-refractivity contribution is 7.99. The zero-order chi connectivity index (χ0) is 17.2. The topological polar surface area (TPSA) is 42.9 Å². The van der Waals surface area contributed by atoms with Gasteiger partial charge in [0.15, 0.2) is 0 Å². The lowest BCUT2D eigenvalue weighted by molar-refractivity contribution is 0.103. The second-order valence-corrected chi connectivity index (χ2v) is 6.97. The van der Waals surface area contributed by atoms with Gasteiger partial charge in [0.1, 0.15) is 5.69 Å². The van der Waals surface area contributed by atoms with Crippen molar-refractivity contribution in [2.45, 2.75) is 11.8 Å². The van der Waals surface area contributed by atoms with E-state index in [0.29, 0.717) is 11.3 Å². The van der Waals surface area contributed by atoms with Gasteiger partial charge in [-0.1, -0.05) is 43.3 Å². The van der Waals surface area contributed by atoms with Crippen LogP contribution >= 0.6 is 11.8 Å². The molecule has 0 saturated heterocycles. The predicted octanol–water partition coefficient (Wildman–Crippen LogP) is 5.13. The third kappa shape index (κ3) is 2.89. The molecule has 0 radical (unpaired) electrons. The fraction of sp³-hybridized carbons (Fsp3) is 0.0952. The number of carbonyl (C=O) groups is 1. The number of hydrogen-bond acceptors (Lipinski definition) is 4. The molecule has 3 nitrogen and oxygen atoms in total. The molecule has 0 unspecified atom stereocenters. The maximum Gasteiger partial charge on any atom is 0.212 e. The number of hydrogen-bond donors (Lipinski definition) is 0. The SMILES string of the molecule is CCSc1ccccc1C(=O)c1ccc2ccc3cccnc3c2n1. The van der Waals surface area contributed by atoms with Gasteiger partial charge in [0.25, 0.3) is 0 Å². The average Bonchev–Trinajstić information content (AvgIpc) is 2.67. The second-order valence-electron chi connectivity index (χ2n) is 5.67. The molecule has 2 aromatic heterocycles. The Kier molecular flexibility index (Phi) is 4.20. The highest BCUT2D eigenvalue weighted by atomic mass is 32.2. The van der Waals surface area contributed by atoms with E-state index in [1.807, 2.05) is 54.6 Å². The van der Waals surface area contributed by atoms with Crippen LogP contribution in [0.25, 0.3) is 21.8 Å². The lowest BCUT2D eigenvalue weighted by Crippen LogP contribution is -2.06. The van der Waals surface area contributed by atoms with Gasteiger partial charge >= 0.3 is 0 Å². The van der Waals surface area contributed by atoms with E-state index in [9.17, 15) is 4.79 Å². The summed E-state index contributed by atoms with van der Waals surface area (Å²) in [5, 5.41) is 2.01. The van der Waals surface area contributed by atoms with Gasteiger partial charge in [-0.2, -0.15) is 0 Å². The first-order valence-corrected chi connectivity index (χ1v) is 9.17. The largest absolute Gasteiger partial charge is 0.287 e. The first-order chi connectivity index (χ1) is 12.3. The summed E-state index contributed by atoms with van der Waals surface area (Å²) in [6, 6.07) is 19.4. The highest BCUT2D eigenvalue weighted by Gasteiger charge is 2.16. The summed E-state index contributed by atoms with van der Waals surface area (Å²) < 4.78 is 0. The molecule has 0 atom stereocenters. The number of aromatic nitrogens is 2. The molecule has 0 aliphatic carbocycles. The number of fused-ring (bicyclic) bond motifs is 3. The van der Waals surface area contributed by atoms with E-state index in [1.54, 1.807) is 24.0 Å². The molecule has 4 aromatic rings. The van der Waals surface area contributed by atoms with Gasteiger partial charge in [0, 0.05) is 27.4 Å². The van der Waals surface area contributed by atoms with Crippen LogP contribution in [-0.4, -0.2) is 21.5 Å². The molecule has 0 saturated carbocycles. The molecule has 0 spiro atoms. The molecular weight excluding hydrogens is 328 g/mol. The minimum Gasteiger partial charge on any atom is -0.287 e.